The molecule has 0 atom stereocenters. The van der Waals surface area contributed by atoms with Crippen LogP contribution >= 0.6 is 11.8 Å². The number of nitriles is 1. The highest BCUT2D eigenvalue weighted by atomic mass is 32.2. The zero-order valence-corrected chi connectivity index (χ0v) is 13.5. The molecular weight excluding hydrogens is 330 g/mol. The highest BCUT2D eigenvalue weighted by molar-refractivity contribution is 7.98. The second-order valence-electron chi connectivity index (χ2n) is 5.08. The molecule has 3 aromatic rings. The summed E-state index contributed by atoms with van der Waals surface area (Å²) in [5.41, 5.74) is 1.60. The van der Waals surface area contributed by atoms with Crippen molar-refractivity contribution >= 4 is 11.8 Å². The van der Waals surface area contributed by atoms with Crippen molar-refractivity contribution in [2.45, 2.75) is 10.9 Å². The summed E-state index contributed by atoms with van der Waals surface area (Å²) in [5.74, 6) is 0.256. The van der Waals surface area contributed by atoms with Gasteiger partial charge in [-0.05, 0) is 48.0 Å². The normalized spacial score (nSPS) is 10.6. The Labute approximate surface area is 141 Å². The van der Waals surface area contributed by atoms with Crippen LogP contribution in [0.15, 0.2) is 47.6 Å². The maximum Gasteiger partial charge on any atom is 0.191 e. The first-order valence-electron chi connectivity index (χ1n) is 7.05. The Hall–Kier alpha value is -2.72. The van der Waals surface area contributed by atoms with E-state index in [0.717, 1.165) is 5.56 Å². The lowest BCUT2D eigenvalue weighted by atomic mass is 10.1. The van der Waals surface area contributed by atoms with Crippen molar-refractivity contribution < 1.29 is 8.78 Å². The largest absolute Gasteiger partial charge is 0.305 e. The van der Waals surface area contributed by atoms with Gasteiger partial charge >= 0.3 is 0 Å². The van der Waals surface area contributed by atoms with Gasteiger partial charge in [0.15, 0.2) is 11.0 Å². The third kappa shape index (κ3) is 3.29. The summed E-state index contributed by atoms with van der Waals surface area (Å²) in [7, 11) is 1.79. The topological polar surface area (TPSA) is 54.5 Å². The summed E-state index contributed by atoms with van der Waals surface area (Å²) in [4.78, 5) is 0. The lowest BCUT2D eigenvalue weighted by Crippen LogP contribution is -1.96. The molecule has 120 valence electrons. The molecule has 0 saturated carbocycles. The number of nitrogens with zero attached hydrogens (tertiary/aromatic N) is 4. The fourth-order valence-electron chi connectivity index (χ4n) is 2.19. The van der Waals surface area contributed by atoms with Gasteiger partial charge in [0.05, 0.1) is 11.6 Å². The van der Waals surface area contributed by atoms with Crippen LogP contribution in [0.1, 0.15) is 11.1 Å². The van der Waals surface area contributed by atoms with E-state index in [1.165, 1.54) is 42.1 Å². The van der Waals surface area contributed by atoms with Crippen LogP contribution < -0.4 is 0 Å². The van der Waals surface area contributed by atoms with Gasteiger partial charge in [0.25, 0.3) is 0 Å². The Morgan fingerprint density at radius 1 is 1.12 bits per heavy atom. The lowest BCUT2D eigenvalue weighted by molar-refractivity contribution is 0.617. The monoisotopic (exact) mass is 342 g/mol. The van der Waals surface area contributed by atoms with Gasteiger partial charge in [-0.1, -0.05) is 11.8 Å². The van der Waals surface area contributed by atoms with Crippen LogP contribution in [0.4, 0.5) is 8.78 Å². The Morgan fingerprint density at radius 3 is 2.58 bits per heavy atom. The van der Waals surface area contributed by atoms with Crippen LogP contribution in [0, 0.1) is 23.0 Å². The molecule has 0 radical (unpaired) electrons. The van der Waals surface area contributed by atoms with E-state index >= 15 is 0 Å². The van der Waals surface area contributed by atoms with Crippen LogP contribution in [0.2, 0.25) is 0 Å². The molecule has 0 spiro atoms. The zero-order valence-electron chi connectivity index (χ0n) is 12.7. The van der Waals surface area contributed by atoms with E-state index in [4.69, 9.17) is 5.26 Å². The predicted octanol–water partition coefficient (Wildman–Crippen LogP) is 3.92. The van der Waals surface area contributed by atoms with Crippen molar-refractivity contribution in [2.24, 2.45) is 7.05 Å². The van der Waals surface area contributed by atoms with E-state index in [1.54, 1.807) is 23.7 Å². The molecule has 0 unspecified atom stereocenters. The molecule has 0 aliphatic carbocycles. The standard InChI is InChI=1S/C17H12F2N4S/c1-23-16(12-3-5-14(18)6-4-12)21-22-17(23)24-10-13-8-11(9-20)2-7-15(13)19/h2-8H,10H2,1H3. The number of rotatable bonds is 4. The van der Waals surface area contributed by atoms with Gasteiger partial charge in [0, 0.05) is 18.4 Å². The van der Waals surface area contributed by atoms with Gasteiger partial charge in [-0.15, -0.1) is 10.2 Å². The number of aromatic nitrogens is 3. The first-order chi connectivity index (χ1) is 11.6. The third-order valence-electron chi connectivity index (χ3n) is 3.47. The first kappa shape index (κ1) is 16.1. The van der Waals surface area contributed by atoms with Crippen LogP contribution in [0.3, 0.4) is 0 Å². The summed E-state index contributed by atoms with van der Waals surface area (Å²) >= 11 is 1.32. The van der Waals surface area contributed by atoms with Crippen molar-refractivity contribution in [3.63, 3.8) is 0 Å². The highest BCUT2D eigenvalue weighted by Crippen LogP contribution is 2.26. The van der Waals surface area contributed by atoms with Gasteiger partial charge in [0.2, 0.25) is 0 Å². The Balaban J connectivity index is 1.80. The maximum absolute atomic E-state index is 13.8. The van der Waals surface area contributed by atoms with Crippen LogP contribution in [0.5, 0.6) is 0 Å². The number of benzene rings is 2. The maximum atomic E-state index is 13.8. The molecule has 2 aromatic carbocycles. The molecule has 7 heteroatoms. The molecule has 0 saturated heterocycles. The van der Waals surface area contributed by atoms with Crippen LogP contribution in [-0.4, -0.2) is 14.8 Å². The van der Waals surface area contributed by atoms with Crippen molar-refractivity contribution in [1.29, 1.82) is 5.26 Å². The van der Waals surface area contributed by atoms with Crippen molar-refractivity contribution in [3.8, 4) is 17.5 Å². The molecule has 1 aromatic heterocycles. The smallest absolute Gasteiger partial charge is 0.191 e. The van der Waals surface area contributed by atoms with Crippen LogP contribution in [-0.2, 0) is 12.8 Å². The Kier molecular flexibility index (Phi) is 4.58. The fraction of sp³-hybridized carbons (Fsp3) is 0.118. The van der Waals surface area contributed by atoms with Gasteiger partial charge in [0.1, 0.15) is 11.6 Å². The van der Waals surface area contributed by atoms with Crippen molar-refractivity contribution in [2.75, 3.05) is 0 Å². The summed E-state index contributed by atoms with van der Waals surface area (Å²) in [6, 6.07) is 12.2. The van der Waals surface area contributed by atoms with Gasteiger partial charge in [-0.2, -0.15) is 5.26 Å². The average molecular weight is 342 g/mol. The first-order valence-corrected chi connectivity index (χ1v) is 8.03. The van der Waals surface area contributed by atoms with Crippen molar-refractivity contribution in [3.05, 3.63) is 65.2 Å². The van der Waals surface area contributed by atoms with Gasteiger partial charge in [-0.25, -0.2) is 8.78 Å². The number of hydrogen-bond donors (Lipinski definition) is 0. The number of hydrogen-bond acceptors (Lipinski definition) is 4. The Morgan fingerprint density at radius 2 is 1.88 bits per heavy atom. The zero-order chi connectivity index (χ0) is 17.1. The highest BCUT2D eigenvalue weighted by Gasteiger charge is 2.13. The van der Waals surface area contributed by atoms with Crippen LogP contribution in [0.25, 0.3) is 11.4 Å². The summed E-state index contributed by atoms with van der Waals surface area (Å²) in [6.45, 7) is 0. The summed E-state index contributed by atoms with van der Waals surface area (Å²) < 4.78 is 28.6. The third-order valence-corrected chi connectivity index (χ3v) is 4.54. The minimum atomic E-state index is -0.359. The van der Waals surface area contributed by atoms with E-state index in [0.29, 0.717) is 27.9 Å². The molecule has 0 bridgehead atoms. The second kappa shape index (κ2) is 6.81. The molecule has 0 fully saturated rings. The van der Waals surface area contributed by atoms with Gasteiger partial charge < -0.3 is 4.57 Å². The van der Waals surface area contributed by atoms with E-state index < -0.39 is 0 Å². The molecule has 0 amide bonds. The second-order valence-corrected chi connectivity index (χ2v) is 6.02. The van der Waals surface area contributed by atoms with Crippen molar-refractivity contribution in [1.82, 2.24) is 14.8 Å². The molecule has 3 rings (SSSR count). The molecule has 0 aliphatic rings. The van der Waals surface area contributed by atoms with E-state index in [-0.39, 0.29) is 11.6 Å². The molecule has 0 N–H and O–H groups in total. The number of halogens is 2. The predicted molar refractivity (Wildman–Crippen MR) is 87.1 cm³/mol. The number of thioether (sulfide) groups is 1. The van der Waals surface area contributed by atoms with Gasteiger partial charge in [-0.3, -0.25) is 0 Å². The molecule has 4 nitrogen and oxygen atoms in total. The molecule has 1 heterocycles. The van der Waals surface area contributed by atoms with E-state index in [9.17, 15) is 8.78 Å². The minimum Gasteiger partial charge on any atom is -0.305 e. The summed E-state index contributed by atoms with van der Waals surface area (Å²) in [6.07, 6.45) is 0. The fourth-order valence-corrected chi connectivity index (χ4v) is 3.07. The minimum absolute atomic E-state index is 0.316. The molecular formula is C17H12F2N4S. The average Bonchev–Trinajstić information content (AvgIpc) is 2.96. The van der Waals surface area contributed by atoms with E-state index in [1.807, 2.05) is 6.07 Å². The quantitative estimate of drug-likeness (QED) is 0.674. The van der Waals surface area contributed by atoms with E-state index in [2.05, 4.69) is 10.2 Å². The molecule has 0 aliphatic heterocycles. The molecule has 24 heavy (non-hydrogen) atoms. The summed E-state index contributed by atoms with van der Waals surface area (Å²) in [5, 5.41) is 17.7. The SMILES string of the molecule is Cn1c(SCc2cc(C#N)ccc2F)nnc1-c1ccc(F)cc1. The lowest BCUT2D eigenvalue weighted by Gasteiger charge is -2.05. The Bertz CT molecular complexity index is 913.